The Labute approximate surface area is 134 Å². The monoisotopic (exact) mass is 305 g/mol. The highest BCUT2D eigenvalue weighted by Crippen LogP contribution is 2.18. The lowest BCUT2D eigenvalue weighted by Gasteiger charge is -2.38. The first-order valence-electron chi connectivity index (χ1n) is 7.98. The zero-order chi connectivity index (χ0) is 15.1. The molecule has 0 bridgehead atoms. The fourth-order valence-corrected chi connectivity index (χ4v) is 3.13. The Morgan fingerprint density at radius 3 is 2.76 bits per heavy atom. The van der Waals surface area contributed by atoms with Crippen molar-refractivity contribution >= 4 is 17.3 Å². The molecule has 1 aliphatic heterocycles. The summed E-state index contributed by atoms with van der Waals surface area (Å²) in [5, 5.41) is 7.37. The molecule has 21 heavy (non-hydrogen) atoms. The fourth-order valence-electron chi connectivity index (χ4n) is 2.97. The Balaban J connectivity index is 1.68. The number of nitrogens with zero attached hydrogens (tertiary/aromatic N) is 1. The van der Waals surface area contributed by atoms with E-state index >= 15 is 0 Å². The third kappa shape index (κ3) is 5.29. The number of nitrogens with one attached hydrogen (secondary N) is 2. The summed E-state index contributed by atoms with van der Waals surface area (Å²) < 4.78 is 0. The van der Waals surface area contributed by atoms with Crippen LogP contribution >= 0.6 is 12.2 Å². The molecule has 1 aromatic rings. The number of rotatable bonds is 5. The quantitative estimate of drug-likeness (QED) is 0.818. The highest BCUT2D eigenvalue weighted by atomic mass is 32.1. The molecule has 0 radical (unpaired) electrons. The Morgan fingerprint density at radius 1 is 1.29 bits per heavy atom. The molecule has 0 saturated carbocycles. The van der Waals surface area contributed by atoms with Gasteiger partial charge < -0.3 is 10.6 Å². The molecule has 1 heterocycles. The van der Waals surface area contributed by atoms with Crippen molar-refractivity contribution in [1.82, 2.24) is 15.5 Å². The predicted octanol–water partition coefficient (Wildman–Crippen LogP) is 2.91. The van der Waals surface area contributed by atoms with E-state index in [2.05, 4.69) is 41.5 Å². The number of benzene rings is 1. The van der Waals surface area contributed by atoms with Crippen molar-refractivity contribution in [1.29, 1.82) is 0 Å². The minimum absolute atomic E-state index is 0.525. The van der Waals surface area contributed by atoms with Crippen LogP contribution in [-0.4, -0.2) is 35.2 Å². The van der Waals surface area contributed by atoms with Crippen LogP contribution in [0.1, 0.15) is 38.7 Å². The number of thiocarbonyl (C=S) groups is 1. The van der Waals surface area contributed by atoms with E-state index in [-0.39, 0.29) is 0 Å². The van der Waals surface area contributed by atoms with Gasteiger partial charge in [-0.15, -0.1) is 0 Å². The molecule has 116 valence electrons. The van der Waals surface area contributed by atoms with Crippen LogP contribution in [0.15, 0.2) is 30.3 Å². The average molecular weight is 305 g/mol. The Kier molecular flexibility index (Phi) is 6.46. The highest BCUT2D eigenvalue weighted by molar-refractivity contribution is 7.80. The van der Waals surface area contributed by atoms with Crippen molar-refractivity contribution in [3.05, 3.63) is 35.9 Å². The number of likely N-dealkylation sites (tertiary alicyclic amines) is 1. The van der Waals surface area contributed by atoms with Gasteiger partial charge in [0.25, 0.3) is 0 Å². The molecule has 2 rings (SSSR count). The van der Waals surface area contributed by atoms with Gasteiger partial charge in [0.1, 0.15) is 0 Å². The van der Waals surface area contributed by atoms with E-state index in [0.29, 0.717) is 12.1 Å². The minimum Gasteiger partial charge on any atom is -0.361 e. The lowest BCUT2D eigenvalue weighted by molar-refractivity contribution is 0.116. The van der Waals surface area contributed by atoms with Crippen LogP contribution in [0.4, 0.5) is 0 Å². The van der Waals surface area contributed by atoms with Crippen molar-refractivity contribution in [3.8, 4) is 0 Å². The molecule has 0 amide bonds. The van der Waals surface area contributed by atoms with Crippen molar-refractivity contribution in [2.45, 2.75) is 51.7 Å². The van der Waals surface area contributed by atoms with E-state index < -0.39 is 0 Å². The molecule has 0 aromatic heterocycles. The number of piperidine rings is 1. The van der Waals surface area contributed by atoms with E-state index in [9.17, 15) is 0 Å². The van der Waals surface area contributed by atoms with Crippen molar-refractivity contribution in [3.63, 3.8) is 0 Å². The lowest BCUT2D eigenvalue weighted by atomic mass is 10.0. The van der Waals surface area contributed by atoms with Gasteiger partial charge in [-0.3, -0.25) is 4.90 Å². The van der Waals surface area contributed by atoms with Crippen molar-refractivity contribution in [2.75, 3.05) is 13.1 Å². The lowest BCUT2D eigenvalue weighted by Crippen LogP contribution is -2.49. The molecule has 1 fully saturated rings. The van der Waals surface area contributed by atoms with Crippen LogP contribution in [0.3, 0.4) is 0 Å². The van der Waals surface area contributed by atoms with Gasteiger partial charge in [-0.25, -0.2) is 0 Å². The second-order valence-electron chi connectivity index (χ2n) is 5.98. The topological polar surface area (TPSA) is 27.3 Å². The van der Waals surface area contributed by atoms with E-state index in [1.165, 1.54) is 31.4 Å². The summed E-state index contributed by atoms with van der Waals surface area (Å²) in [5.41, 5.74) is 1.25. The van der Waals surface area contributed by atoms with E-state index in [0.717, 1.165) is 18.2 Å². The van der Waals surface area contributed by atoms with E-state index in [1.54, 1.807) is 0 Å². The van der Waals surface area contributed by atoms with Crippen molar-refractivity contribution in [2.24, 2.45) is 0 Å². The third-order valence-electron chi connectivity index (χ3n) is 4.27. The molecule has 2 atom stereocenters. The smallest absolute Gasteiger partial charge is 0.166 e. The molecule has 2 N–H and O–H groups in total. The van der Waals surface area contributed by atoms with Crippen LogP contribution in [0.25, 0.3) is 0 Å². The van der Waals surface area contributed by atoms with Crippen LogP contribution in [0, 0.1) is 0 Å². The Bertz CT molecular complexity index is 435. The zero-order valence-electron chi connectivity index (χ0n) is 13.1. The van der Waals surface area contributed by atoms with Gasteiger partial charge in [-0.05, 0) is 51.0 Å². The summed E-state index contributed by atoms with van der Waals surface area (Å²) >= 11 is 5.36. The summed E-state index contributed by atoms with van der Waals surface area (Å²) in [6, 6.07) is 11.6. The highest BCUT2D eigenvalue weighted by Gasteiger charge is 2.22. The van der Waals surface area contributed by atoms with Gasteiger partial charge in [-0.1, -0.05) is 36.8 Å². The SMILES string of the molecule is C[C@@H]1CCCCN1[C@H](C)CNC(=S)NCc1ccccc1. The molecule has 4 heteroatoms. The van der Waals surface area contributed by atoms with Crippen LogP contribution in [-0.2, 0) is 6.54 Å². The van der Waals surface area contributed by atoms with Gasteiger partial charge in [0.05, 0.1) is 0 Å². The average Bonchev–Trinajstić information content (AvgIpc) is 2.52. The Morgan fingerprint density at radius 2 is 2.05 bits per heavy atom. The van der Waals surface area contributed by atoms with E-state index in [4.69, 9.17) is 12.2 Å². The largest absolute Gasteiger partial charge is 0.361 e. The molecule has 1 saturated heterocycles. The second kappa shape index (κ2) is 8.35. The molecule has 1 aliphatic rings. The first-order valence-corrected chi connectivity index (χ1v) is 8.39. The van der Waals surface area contributed by atoms with Crippen molar-refractivity contribution < 1.29 is 0 Å². The van der Waals surface area contributed by atoms with Crippen LogP contribution in [0.5, 0.6) is 0 Å². The normalized spacial score (nSPS) is 20.8. The zero-order valence-corrected chi connectivity index (χ0v) is 14.0. The molecule has 0 unspecified atom stereocenters. The van der Waals surface area contributed by atoms with Gasteiger partial charge in [0.2, 0.25) is 0 Å². The van der Waals surface area contributed by atoms with Gasteiger partial charge in [-0.2, -0.15) is 0 Å². The molecule has 0 spiro atoms. The summed E-state index contributed by atoms with van der Waals surface area (Å²) in [5.74, 6) is 0. The summed E-state index contributed by atoms with van der Waals surface area (Å²) in [6.07, 6.45) is 4.02. The molecule has 3 nitrogen and oxygen atoms in total. The summed E-state index contributed by atoms with van der Waals surface area (Å²) in [4.78, 5) is 2.59. The molecule has 1 aromatic carbocycles. The first-order chi connectivity index (χ1) is 10.2. The van der Waals surface area contributed by atoms with E-state index in [1.807, 2.05) is 18.2 Å². The second-order valence-corrected chi connectivity index (χ2v) is 6.39. The number of hydrogen-bond acceptors (Lipinski definition) is 2. The van der Waals surface area contributed by atoms with Gasteiger partial charge in [0.15, 0.2) is 5.11 Å². The van der Waals surface area contributed by atoms with Gasteiger partial charge in [0, 0.05) is 25.2 Å². The standard InChI is InChI=1S/C17H27N3S/c1-14-8-6-7-11-20(14)15(2)12-18-17(21)19-13-16-9-4-3-5-10-16/h3-5,9-10,14-15H,6-8,11-13H2,1-2H3,(H2,18,19,21)/t14-,15-/m1/s1. The summed E-state index contributed by atoms with van der Waals surface area (Å²) in [7, 11) is 0. The summed E-state index contributed by atoms with van der Waals surface area (Å²) in [6.45, 7) is 7.52. The fraction of sp³-hybridized carbons (Fsp3) is 0.588. The maximum Gasteiger partial charge on any atom is 0.166 e. The third-order valence-corrected chi connectivity index (χ3v) is 4.56. The van der Waals surface area contributed by atoms with Crippen LogP contribution < -0.4 is 10.6 Å². The maximum absolute atomic E-state index is 5.36. The maximum atomic E-state index is 5.36. The molecule has 0 aliphatic carbocycles. The number of hydrogen-bond donors (Lipinski definition) is 2. The predicted molar refractivity (Wildman–Crippen MR) is 93.4 cm³/mol. The molecular weight excluding hydrogens is 278 g/mol. The molecular formula is C17H27N3S. The minimum atomic E-state index is 0.525. The first kappa shape index (κ1) is 16.2. The Hall–Kier alpha value is -1.13. The van der Waals surface area contributed by atoms with Gasteiger partial charge >= 0.3 is 0 Å². The van der Waals surface area contributed by atoms with Crippen LogP contribution in [0.2, 0.25) is 0 Å².